The number of aryl methyl sites for hydroxylation is 3. The van der Waals surface area contributed by atoms with E-state index >= 15 is 0 Å². The average Bonchev–Trinajstić information content (AvgIpc) is 2.98. The molecule has 0 saturated heterocycles. The van der Waals surface area contributed by atoms with E-state index in [1.54, 1.807) is 36.4 Å². The van der Waals surface area contributed by atoms with Crippen LogP contribution in [0.4, 0.5) is 0 Å². The molecule has 4 rings (SSSR count). The Morgan fingerprint density at radius 1 is 0.542 bits per heavy atom. The molecule has 7 nitrogen and oxygen atoms in total. The molecule has 5 N–H and O–H groups in total. The lowest BCUT2D eigenvalue weighted by Crippen LogP contribution is -2.30. The van der Waals surface area contributed by atoms with E-state index in [0.29, 0.717) is 30.2 Å². The summed E-state index contributed by atoms with van der Waals surface area (Å²) < 4.78 is 25.6. The minimum Gasteiger partial charge on any atom is -0.508 e. The molecule has 0 bridgehead atoms. The van der Waals surface area contributed by atoms with Gasteiger partial charge in [-0.25, -0.2) is 13.1 Å². The summed E-state index contributed by atoms with van der Waals surface area (Å²) in [5.74, 6) is 1.57. The van der Waals surface area contributed by atoms with Gasteiger partial charge in [-0.2, -0.15) is 0 Å². The van der Waals surface area contributed by atoms with E-state index in [0.717, 1.165) is 44.1 Å². The summed E-state index contributed by atoms with van der Waals surface area (Å²) in [6, 6.07) is 29.1. The van der Waals surface area contributed by atoms with Crippen molar-refractivity contribution in [2.75, 3.05) is 12.3 Å². The Balaban J connectivity index is 0.000000629. The molecule has 8 heteroatoms. The highest BCUT2D eigenvalue weighted by atomic mass is 32.2. The van der Waals surface area contributed by atoms with E-state index < -0.39 is 10.0 Å². The largest absolute Gasteiger partial charge is 0.508 e. The highest BCUT2D eigenvalue weighted by Gasteiger charge is 2.11. The average molecular weight is 682 g/mol. The van der Waals surface area contributed by atoms with Crippen LogP contribution in [-0.2, 0) is 35.7 Å². The van der Waals surface area contributed by atoms with Gasteiger partial charge < -0.3 is 20.4 Å². The summed E-state index contributed by atoms with van der Waals surface area (Å²) in [5.41, 5.74) is 4.55. The van der Waals surface area contributed by atoms with E-state index in [2.05, 4.69) is 25.5 Å². The molecule has 0 aliphatic carbocycles. The maximum absolute atomic E-state index is 11.5. The van der Waals surface area contributed by atoms with Gasteiger partial charge in [0, 0.05) is 6.54 Å². The summed E-state index contributed by atoms with van der Waals surface area (Å²) in [5, 5.41) is 36.4. The van der Waals surface area contributed by atoms with Crippen LogP contribution in [0.1, 0.15) is 83.6 Å². The van der Waals surface area contributed by atoms with Crippen LogP contribution in [-0.4, -0.2) is 41.1 Å². The van der Waals surface area contributed by atoms with E-state index in [-0.39, 0.29) is 24.8 Å². The van der Waals surface area contributed by atoms with Crippen molar-refractivity contribution in [1.29, 1.82) is 0 Å². The molecule has 0 aliphatic heterocycles. The van der Waals surface area contributed by atoms with Crippen LogP contribution in [0.3, 0.4) is 0 Å². The van der Waals surface area contributed by atoms with E-state index in [4.69, 9.17) is 15.3 Å². The second-order valence-corrected chi connectivity index (χ2v) is 13.6. The minimum atomic E-state index is -3.17. The third-order valence-corrected chi connectivity index (χ3v) is 8.30. The Labute approximate surface area is 290 Å². The summed E-state index contributed by atoms with van der Waals surface area (Å²) in [6.07, 6.45) is 7.11. The molecule has 0 unspecified atom stereocenters. The maximum Gasteiger partial charge on any atom is 0.211 e. The number of hydrogen-bond acceptors (Lipinski definition) is 6. The monoisotopic (exact) mass is 681 g/mol. The molecule has 0 amide bonds. The van der Waals surface area contributed by atoms with Crippen molar-refractivity contribution in [3.8, 4) is 23.0 Å². The highest BCUT2D eigenvalue weighted by Crippen LogP contribution is 2.14. The molecule has 4 aromatic carbocycles. The molecular formula is C40H59NO6S. The topological polar surface area (TPSA) is 127 Å². The highest BCUT2D eigenvalue weighted by molar-refractivity contribution is 7.89. The molecule has 48 heavy (non-hydrogen) atoms. The van der Waals surface area contributed by atoms with Crippen molar-refractivity contribution in [3.63, 3.8) is 0 Å². The van der Waals surface area contributed by atoms with Gasteiger partial charge in [0.25, 0.3) is 0 Å². The molecule has 0 spiro atoms. The number of phenolic OH excluding ortho intramolecular Hbond substituents is 4. The van der Waals surface area contributed by atoms with E-state index in [1.165, 1.54) is 16.7 Å². The third kappa shape index (κ3) is 21.7. The van der Waals surface area contributed by atoms with Crippen LogP contribution in [0.5, 0.6) is 23.0 Å². The third-order valence-electron chi connectivity index (χ3n) is 6.55. The molecule has 0 aliphatic rings. The maximum atomic E-state index is 11.5. The number of sulfonamides is 1. The Bertz CT molecular complexity index is 1410. The van der Waals surface area contributed by atoms with Crippen molar-refractivity contribution < 1.29 is 28.8 Å². The van der Waals surface area contributed by atoms with Gasteiger partial charge in [-0.1, -0.05) is 110 Å². The molecular weight excluding hydrogens is 623 g/mol. The van der Waals surface area contributed by atoms with Crippen LogP contribution in [0.15, 0.2) is 97.1 Å². The molecule has 0 fully saturated rings. The summed E-state index contributed by atoms with van der Waals surface area (Å²) in [7, 11) is -3.17. The van der Waals surface area contributed by atoms with Crippen LogP contribution < -0.4 is 4.72 Å². The molecule has 4 aromatic rings. The summed E-state index contributed by atoms with van der Waals surface area (Å²) in [6.45, 7) is 10.5. The first-order chi connectivity index (χ1) is 22.4. The Hall–Kier alpha value is -4.01. The SMILES string of the molecule is C.CC(C)CS(=O)(=O)NCCc1cccc(O)c1.CCCc1cccc(O)c1.CCCc1cccc(O)c1.CCCc1cccc(O)c1. The van der Waals surface area contributed by atoms with E-state index in [9.17, 15) is 13.5 Å². The lowest BCUT2D eigenvalue weighted by molar-refractivity contribution is 0.474. The molecule has 0 atom stereocenters. The van der Waals surface area contributed by atoms with Gasteiger partial charge in [0.1, 0.15) is 23.0 Å². The lowest BCUT2D eigenvalue weighted by Gasteiger charge is -2.08. The van der Waals surface area contributed by atoms with Crippen LogP contribution in [0, 0.1) is 5.92 Å². The second-order valence-electron chi connectivity index (χ2n) is 11.7. The minimum absolute atomic E-state index is 0. The fraction of sp³-hybridized carbons (Fsp3) is 0.400. The van der Waals surface area contributed by atoms with Gasteiger partial charge >= 0.3 is 0 Å². The molecule has 0 radical (unpaired) electrons. The second kappa shape index (κ2) is 25.1. The van der Waals surface area contributed by atoms with Crippen molar-refractivity contribution in [3.05, 3.63) is 119 Å². The first-order valence-electron chi connectivity index (χ1n) is 16.5. The van der Waals surface area contributed by atoms with Crippen molar-refractivity contribution in [2.45, 2.75) is 87.0 Å². The fourth-order valence-corrected chi connectivity index (χ4v) is 5.97. The van der Waals surface area contributed by atoms with Gasteiger partial charge in [0.05, 0.1) is 5.75 Å². The Morgan fingerprint density at radius 2 is 0.833 bits per heavy atom. The lowest BCUT2D eigenvalue weighted by atomic mass is 10.1. The summed E-state index contributed by atoms with van der Waals surface area (Å²) in [4.78, 5) is 0. The smallest absolute Gasteiger partial charge is 0.211 e. The van der Waals surface area contributed by atoms with Crippen LogP contribution >= 0.6 is 0 Å². The quantitative estimate of drug-likeness (QED) is 0.101. The van der Waals surface area contributed by atoms with Crippen molar-refractivity contribution in [1.82, 2.24) is 4.72 Å². The molecule has 0 heterocycles. The number of rotatable bonds is 12. The standard InChI is InChI=1S/C12H19NO3S.3C9H12O.CH4/c1-10(2)9-17(15,16)13-7-6-11-4-3-5-12(14)8-11;3*1-2-4-8-5-3-6-9(10)7-8;/h3-5,8,10,13-14H,6-7,9H2,1-2H3;3*3,5-7,10H,2,4H2,1H3;1H4. The van der Waals surface area contributed by atoms with Crippen molar-refractivity contribution >= 4 is 10.0 Å². The summed E-state index contributed by atoms with van der Waals surface area (Å²) >= 11 is 0. The van der Waals surface area contributed by atoms with Crippen LogP contribution in [0.2, 0.25) is 0 Å². The predicted molar refractivity (Wildman–Crippen MR) is 201 cm³/mol. The predicted octanol–water partition coefficient (Wildman–Crippen LogP) is 9.18. The van der Waals surface area contributed by atoms with Gasteiger partial charge in [-0.05, 0) is 102 Å². The zero-order valence-corrected chi connectivity index (χ0v) is 29.5. The Morgan fingerprint density at radius 3 is 1.08 bits per heavy atom. The van der Waals surface area contributed by atoms with Gasteiger partial charge in [-0.15, -0.1) is 0 Å². The number of hydrogen-bond donors (Lipinski definition) is 5. The molecule has 0 aromatic heterocycles. The zero-order valence-electron chi connectivity index (χ0n) is 28.7. The number of nitrogens with one attached hydrogen (secondary N) is 1. The number of benzene rings is 4. The number of phenols is 4. The van der Waals surface area contributed by atoms with Crippen LogP contribution in [0.25, 0.3) is 0 Å². The number of aromatic hydroxyl groups is 4. The molecule has 266 valence electrons. The van der Waals surface area contributed by atoms with Crippen molar-refractivity contribution in [2.24, 2.45) is 5.92 Å². The van der Waals surface area contributed by atoms with Gasteiger partial charge in [0.2, 0.25) is 10.0 Å². The van der Waals surface area contributed by atoms with Gasteiger partial charge in [-0.3, -0.25) is 0 Å². The zero-order chi connectivity index (χ0) is 35.1. The first-order valence-corrected chi connectivity index (χ1v) is 18.1. The molecule has 0 saturated carbocycles. The fourth-order valence-electron chi connectivity index (χ4n) is 4.56. The van der Waals surface area contributed by atoms with E-state index in [1.807, 2.05) is 74.5 Å². The first kappa shape index (κ1) is 44.0. The Kier molecular flexibility index (Phi) is 23.0. The van der Waals surface area contributed by atoms with Gasteiger partial charge in [0.15, 0.2) is 0 Å². The normalized spacial score (nSPS) is 10.3.